The Morgan fingerprint density at radius 1 is 1.00 bits per heavy atom. The van der Waals surface area contributed by atoms with Gasteiger partial charge in [-0.15, -0.1) is 0 Å². The van der Waals surface area contributed by atoms with Crippen LogP contribution in [0.4, 0.5) is 11.5 Å². The second kappa shape index (κ2) is 9.47. The van der Waals surface area contributed by atoms with Crippen LogP contribution < -0.4 is 11.1 Å². The summed E-state index contributed by atoms with van der Waals surface area (Å²) in [5.74, 6) is -0.812. The number of anilines is 2. The highest BCUT2D eigenvalue weighted by molar-refractivity contribution is 6.30. The quantitative estimate of drug-likeness (QED) is 0.266. The minimum atomic E-state index is -0.458. The molecule has 0 bridgehead atoms. The lowest BCUT2D eigenvalue weighted by Gasteiger charge is -2.05. The number of nitrogen functional groups attached to an aromatic ring is 1. The minimum Gasteiger partial charge on any atom is -0.465 e. The van der Waals surface area contributed by atoms with Gasteiger partial charge in [-0.2, -0.15) is 9.78 Å². The molecule has 0 saturated heterocycles. The van der Waals surface area contributed by atoms with E-state index in [0.29, 0.717) is 44.0 Å². The number of aromatic nitrogens is 3. The van der Waals surface area contributed by atoms with Crippen molar-refractivity contribution in [2.24, 2.45) is 5.10 Å². The summed E-state index contributed by atoms with van der Waals surface area (Å²) < 4.78 is 6.10. The number of para-hydroxylation sites is 2. The van der Waals surface area contributed by atoms with Crippen molar-refractivity contribution in [2.75, 3.05) is 18.2 Å². The van der Waals surface area contributed by atoms with Gasteiger partial charge in [0, 0.05) is 10.7 Å². The topological polar surface area (TPSA) is 124 Å². The molecule has 36 heavy (non-hydrogen) atoms. The third kappa shape index (κ3) is 4.35. The molecule has 1 amide bonds. The van der Waals surface area contributed by atoms with Crippen LogP contribution in [-0.4, -0.2) is 39.8 Å². The highest BCUT2D eigenvalue weighted by Crippen LogP contribution is 2.29. The third-order valence-electron chi connectivity index (χ3n) is 5.46. The van der Waals surface area contributed by atoms with E-state index in [-0.39, 0.29) is 11.4 Å². The fourth-order valence-corrected chi connectivity index (χ4v) is 3.79. The molecule has 0 unspecified atom stereocenters. The van der Waals surface area contributed by atoms with Crippen molar-refractivity contribution in [2.45, 2.75) is 0 Å². The molecule has 0 fully saturated rings. The molecule has 0 aliphatic heterocycles. The molecule has 3 aromatic carbocycles. The van der Waals surface area contributed by atoms with E-state index in [9.17, 15) is 9.59 Å². The van der Waals surface area contributed by atoms with Crippen LogP contribution in [0.3, 0.4) is 0 Å². The summed E-state index contributed by atoms with van der Waals surface area (Å²) in [4.78, 5) is 34.3. The third-order valence-corrected chi connectivity index (χ3v) is 5.71. The average Bonchev–Trinajstić information content (AvgIpc) is 3.17. The summed E-state index contributed by atoms with van der Waals surface area (Å²) in [6, 6.07) is 20.7. The largest absolute Gasteiger partial charge is 0.465 e. The van der Waals surface area contributed by atoms with Crippen molar-refractivity contribution in [3.8, 4) is 0 Å². The molecule has 0 aliphatic rings. The van der Waals surface area contributed by atoms with Crippen molar-refractivity contribution in [1.82, 2.24) is 14.6 Å². The molecule has 2 heterocycles. The molecule has 178 valence electrons. The van der Waals surface area contributed by atoms with Crippen LogP contribution >= 0.6 is 11.6 Å². The van der Waals surface area contributed by atoms with E-state index in [1.54, 1.807) is 54.7 Å². The first kappa shape index (κ1) is 23.0. The maximum atomic E-state index is 13.3. The van der Waals surface area contributed by atoms with Crippen molar-refractivity contribution < 1.29 is 14.3 Å². The number of ether oxygens (including phenoxy) is 1. The van der Waals surface area contributed by atoms with Gasteiger partial charge in [-0.3, -0.25) is 4.79 Å². The Bertz CT molecular complexity index is 1640. The Labute approximate surface area is 210 Å². The Hall–Kier alpha value is -4.76. The zero-order valence-electron chi connectivity index (χ0n) is 19.0. The van der Waals surface area contributed by atoms with Crippen LogP contribution in [0.1, 0.15) is 26.3 Å². The molecule has 0 atom stereocenters. The Morgan fingerprint density at radius 2 is 1.67 bits per heavy atom. The van der Waals surface area contributed by atoms with Crippen LogP contribution in [-0.2, 0) is 4.74 Å². The SMILES string of the molecule is COC(=O)c1ccc(/C=N/n2c(N)c(C(=O)Nc3ccc(Cl)cc3)c3nc4ccccc4nc32)cc1. The Kier molecular flexibility index (Phi) is 6.05. The monoisotopic (exact) mass is 498 g/mol. The minimum absolute atomic E-state index is 0.0780. The summed E-state index contributed by atoms with van der Waals surface area (Å²) in [7, 11) is 1.32. The van der Waals surface area contributed by atoms with E-state index < -0.39 is 11.9 Å². The number of carbonyl (C=O) groups excluding carboxylic acids is 2. The molecule has 10 heteroatoms. The van der Waals surface area contributed by atoms with Crippen molar-refractivity contribution in [3.05, 3.63) is 94.5 Å². The van der Waals surface area contributed by atoms with E-state index in [2.05, 4.69) is 20.4 Å². The van der Waals surface area contributed by atoms with E-state index >= 15 is 0 Å². The average molecular weight is 499 g/mol. The van der Waals surface area contributed by atoms with Crippen LogP contribution in [0, 0.1) is 0 Å². The second-order valence-electron chi connectivity index (χ2n) is 7.78. The van der Waals surface area contributed by atoms with Crippen LogP contribution in [0.25, 0.3) is 22.2 Å². The molecule has 0 spiro atoms. The summed E-state index contributed by atoms with van der Waals surface area (Å²) in [6.07, 6.45) is 1.55. The van der Waals surface area contributed by atoms with Gasteiger partial charge in [0.15, 0.2) is 5.65 Å². The van der Waals surface area contributed by atoms with Crippen molar-refractivity contribution >= 4 is 63.4 Å². The van der Waals surface area contributed by atoms with Gasteiger partial charge < -0.3 is 15.8 Å². The summed E-state index contributed by atoms with van der Waals surface area (Å²) in [6.45, 7) is 0. The predicted octanol–water partition coefficient (Wildman–Crippen LogP) is 4.74. The fraction of sp³-hybridized carbons (Fsp3) is 0.0385. The number of nitrogens with two attached hydrogens (primary N) is 1. The number of amides is 1. The van der Waals surface area contributed by atoms with E-state index in [1.165, 1.54) is 11.8 Å². The van der Waals surface area contributed by atoms with Gasteiger partial charge in [-0.25, -0.2) is 14.8 Å². The van der Waals surface area contributed by atoms with Gasteiger partial charge in [0.25, 0.3) is 5.91 Å². The number of hydrogen-bond donors (Lipinski definition) is 2. The molecule has 5 rings (SSSR count). The second-order valence-corrected chi connectivity index (χ2v) is 8.21. The first-order valence-electron chi connectivity index (χ1n) is 10.8. The van der Waals surface area contributed by atoms with Gasteiger partial charge >= 0.3 is 5.97 Å². The fourth-order valence-electron chi connectivity index (χ4n) is 3.66. The first-order valence-corrected chi connectivity index (χ1v) is 11.2. The summed E-state index contributed by atoms with van der Waals surface area (Å²) in [5, 5.41) is 7.85. The van der Waals surface area contributed by atoms with Crippen molar-refractivity contribution in [1.29, 1.82) is 0 Å². The van der Waals surface area contributed by atoms with Crippen LogP contribution in [0.15, 0.2) is 77.9 Å². The molecule has 0 radical (unpaired) electrons. The number of halogens is 1. The number of methoxy groups -OCH3 is 1. The number of esters is 1. The zero-order chi connectivity index (χ0) is 25.2. The first-order chi connectivity index (χ1) is 17.4. The standard InChI is InChI=1S/C26H19ClN6O3/c1-36-26(35)16-8-6-15(7-9-16)14-29-33-23(28)21(25(34)30-18-12-10-17(27)11-13-18)22-24(33)32-20-5-3-2-4-19(20)31-22/h2-14H,28H2,1H3,(H,30,34)/b29-14+. The highest BCUT2D eigenvalue weighted by atomic mass is 35.5. The maximum absolute atomic E-state index is 13.3. The van der Waals surface area contributed by atoms with Crippen LogP contribution in [0.2, 0.25) is 5.02 Å². The molecule has 3 N–H and O–H groups in total. The van der Waals surface area contributed by atoms with E-state index in [0.717, 1.165) is 0 Å². The highest BCUT2D eigenvalue weighted by Gasteiger charge is 2.24. The lowest BCUT2D eigenvalue weighted by Crippen LogP contribution is -2.14. The number of carbonyl (C=O) groups is 2. The van der Waals surface area contributed by atoms with Crippen LogP contribution in [0.5, 0.6) is 0 Å². The normalized spacial score (nSPS) is 11.3. The van der Waals surface area contributed by atoms with E-state index in [4.69, 9.17) is 22.1 Å². The molecule has 0 aliphatic carbocycles. The predicted molar refractivity (Wildman–Crippen MR) is 140 cm³/mol. The zero-order valence-corrected chi connectivity index (χ0v) is 19.7. The molecular weight excluding hydrogens is 480 g/mol. The summed E-state index contributed by atoms with van der Waals surface area (Å²) >= 11 is 5.95. The molecule has 5 aromatic rings. The lowest BCUT2D eigenvalue weighted by molar-refractivity contribution is 0.0600. The van der Waals surface area contributed by atoms with Gasteiger partial charge in [0.1, 0.15) is 16.9 Å². The van der Waals surface area contributed by atoms with Gasteiger partial charge in [0.2, 0.25) is 0 Å². The number of rotatable bonds is 5. The summed E-state index contributed by atoms with van der Waals surface area (Å²) in [5.41, 5.74) is 10.1. The smallest absolute Gasteiger partial charge is 0.337 e. The lowest BCUT2D eigenvalue weighted by atomic mass is 10.1. The Morgan fingerprint density at radius 3 is 2.33 bits per heavy atom. The number of nitrogens with one attached hydrogen (secondary N) is 1. The number of hydrogen-bond acceptors (Lipinski definition) is 7. The molecule has 9 nitrogen and oxygen atoms in total. The van der Waals surface area contributed by atoms with E-state index in [1.807, 2.05) is 24.3 Å². The number of fused-ring (bicyclic) bond motifs is 2. The Balaban J connectivity index is 1.59. The molecule has 2 aromatic heterocycles. The molecule has 0 saturated carbocycles. The van der Waals surface area contributed by atoms with Crippen molar-refractivity contribution in [3.63, 3.8) is 0 Å². The molecular formula is C26H19ClN6O3. The maximum Gasteiger partial charge on any atom is 0.337 e. The number of benzene rings is 3. The number of nitrogens with zero attached hydrogens (tertiary/aromatic N) is 4. The van der Waals surface area contributed by atoms with Gasteiger partial charge in [-0.05, 0) is 54.1 Å². The van der Waals surface area contributed by atoms with Gasteiger partial charge in [0.05, 0.1) is 29.9 Å². The van der Waals surface area contributed by atoms with Gasteiger partial charge in [-0.1, -0.05) is 35.9 Å².